The van der Waals surface area contributed by atoms with Gasteiger partial charge in [-0.05, 0) is 17.2 Å². The van der Waals surface area contributed by atoms with E-state index in [1.54, 1.807) is 0 Å². The molecule has 0 spiro atoms. The number of rotatable bonds is 2. The van der Waals surface area contributed by atoms with Gasteiger partial charge in [0.1, 0.15) is 0 Å². The Morgan fingerprint density at radius 1 is 0.882 bits per heavy atom. The van der Waals surface area contributed by atoms with Gasteiger partial charge in [0.2, 0.25) is 0 Å². The lowest BCUT2D eigenvalue weighted by Gasteiger charge is -1.94. The summed E-state index contributed by atoms with van der Waals surface area (Å²) in [6, 6.07) is 16.5. The highest BCUT2D eigenvalue weighted by atomic mass is 15.1. The monoisotopic (exact) mass is 220 g/mol. The first kappa shape index (κ1) is 9.85. The number of hydrogen-bond donors (Lipinski definition) is 1. The van der Waals surface area contributed by atoms with Crippen LogP contribution in [0.15, 0.2) is 54.7 Å². The van der Waals surface area contributed by atoms with Gasteiger partial charge >= 0.3 is 0 Å². The Labute approximate surface area is 99.6 Å². The predicted molar refractivity (Wildman–Crippen MR) is 71.5 cm³/mol. The third-order valence-electron chi connectivity index (χ3n) is 2.73. The van der Waals surface area contributed by atoms with Crippen LogP contribution in [0.4, 0.5) is 0 Å². The van der Waals surface area contributed by atoms with Crippen LogP contribution in [0.3, 0.4) is 0 Å². The van der Waals surface area contributed by atoms with Crippen LogP contribution < -0.4 is 0 Å². The summed E-state index contributed by atoms with van der Waals surface area (Å²) in [5, 5.41) is 8.13. The molecule has 3 rings (SSSR count). The number of hydrogen-bond acceptors (Lipinski definition) is 1. The number of nitrogens with one attached hydrogen (secondary N) is 1. The van der Waals surface area contributed by atoms with E-state index in [0.717, 1.165) is 10.9 Å². The minimum atomic E-state index is 1.07. The summed E-state index contributed by atoms with van der Waals surface area (Å²) in [5.74, 6) is 0. The molecule has 2 nitrogen and oxygen atoms in total. The minimum Gasteiger partial charge on any atom is -0.278 e. The number of benzene rings is 2. The largest absolute Gasteiger partial charge is 0.278 e. The number of aromatic amines is 1. The van der Waals surface area contributed by atoms with Gasteiger partial charge in [-0.2, -0.15) is 5.10 Å². The lowest BCUT2D eigenvalue weighted by atomic mass is 10.1. The zero-order valence-corrected chi connectivity index (χ0v) is 9.30. The molecule has 0 bridgehead atoms. The Hall–Kier alpha value is -2.35. The second kappa shape index (κ2) is 4.26. The summed E-state index contributed by atoms with van der Waals surface area (Å²) in [5.41, 5.74) is 3.45. The maximum atomic E-state index is 4.01. The van der Waals surface area contributed by atoms with Crippen molar-refractivity contribution in [2.24, 2.45) is 0 Å². The van der Waals surface area contributed by atoms with Gasteiger partial charge in [-0.15, -0.1) is 0 Å². The zero-order valence-electron chi connectivity index (χ0n) is 9.30. The molecule has 0 unspecified atom stereocenters. The molecule has 1 N–H and O–H groups in total. The smallest absolute Gasteiger partial charge is 0.0656 e. The molecule has 0 atom stereocenters. The molecular weight excluding hydrogens is 208 g/mol. The Morgan fingerprint density at radius 3 is 2.59 bits per heavy atom. The van der Waals surface area contributed by atoms with E-state index in [1.165, 1.54) is 11.1 Å². The highest BCUT2D eigenvalue weighted by Gasteiger charge is 1.95. The summed E-state index contributed by atoms with van der Waals surface area (Å²) >= 11 is 0. The van der Waals surface area contributed by atoms with E-state index in [2.05, 4.69) is 52.7 Å². The van der Waals surface area contributed by atoms with Gasteiger partial charge in [-0.1, -0.05) is 54.6 Å². The Balaban J connectivity index is 1.92. The predicted octanol–water partition coefficient (Wildman–Crippen LogP) is 3.73. The van der Waals surface area contributed by atoms with E-state index in [0.29, 0.717) is 0 Å². The summed E-state index contributed by atoms with van der Waals surface area (Å²) < 4.78 is 0. The van der Waals surface area contributed by atoms with E-state index < -0.39 is 0 Å². The van der Waals surface area contributed by atoms with Crippen molar-refractivity contribution in [1.29, 1.82) is 0 Å². The number of H-pyrrole nitrogens is 1. The van der Waals surface area contributed by atoms with E-state index in [4.69, 9.17) is 0 Å². The lowest BCUT2D eigenvalue weighted by Crippen LogP contribution is -1.74. The van der Waals surface area contributed by atoms with Gasteiger partial charge in [0.15, 0.2) is 0 Å². The van der Waals surface area contributed by atoms with E-state index in [1.807, 2.05) is 24.4 Å². The fourth-order valence-corrected chi connectivity index (χ4v) is 1.81. The van der Waals surface area contributed by atoms with Gasteiger partial charge in [0.25, 0.3) is 0 Å². The average Bonchev–Trinajstić information content (AvgIpc) is 2.85. The topological polar surface area (TPSA) is 28.7 Å². The molecular formula is C15H12N2. The number of aromatic nitrogens is 2. The summed E-state index contributed by atoms with van der Waals surface area (Å²) in [7, 11) is 0. The molecule has 2 heteroatoms. The summed E-state index contributed by atoms with van der Waals surface area (Å²) in [6.07, 6.45) is 6.05. The molecule has 0 saturated carbocycles. The molecule has 2 aromatic carbocycles. The van der Waals surface area contributed by atoms with Gasteiger partial charge in [-0.3, -0.25) is 5.10 Å². The fourth-order valence-electron chi connectivity index (χ4n) is 1.81. The van der Waals surface area contributed by atoms with E-state index >= 15 is 0 Å². The SMILES string of the molecule is C(=C\c1ccc2cn[nH]c2c1)/c1ccccc1. The van der Waals surface area contributed by atoms with Gasteiger partial charge < -0.3 is 0 Å². The molecule has 0 radical (unpaired) electrons. The molecule has 0 fully saturated rings. The van der Waals surface area contributed by atoms with Crippen molar-refractivity contribution in [2.45, 2.75) is 0 Å². The maximum absolute atomic E-state index is 4.01. The second-order valence-electron chi connectivity index (χ2n) is 3.96. The van der Waals surface area contributed by atoms with Crippen molar-refractivity contribution in [3.05, 3.63) is 65.9 Å². The van der Waals surface area contributed by atoms with Gasteiger partial charge in [-0.25, -0.2) is 0 Å². The molecule has 3 aromatic rings. The lowest BCUT2D eigenvalue weighted by molar-refractivity contribution is 1.12. The Morgan fingerprint density at radius 2 is 1.71 bits per heavy atom. The molecule has 0 aliphatic rings. The molecule has 0 aliphatic carbocycles. The van der Waals surface area contributed by atoms with Gasteiger partial charge in [0, 0.05) is 5.39 Å². The summed E-state index contributed by atoms with van der Waals surface area (Å²) in [4.78, 5) is 0. The highest BCUT2D eigenvalue weighted by molar-refractivity contribution is 5.82. The first-order valence-electron chi connectivity index (χ1n) is 5.58. The van der Waals surface area contributed by atoms with Crippen molar-refractivity contribution < 1.29 is 0 Å². The third-order valence-corrected chi connectivity index (χ3v) is 2.73. The van der Waals surface area contributed by atoms with Crippen LogP contribution in [0, 0.1) is 0 Å². The van der Waals surface area contributed by atoms with Crippen LogP contribution in [0.2, 0.25) is 0 Å². The van der Waals surface area contributed by atoms with Crippen LogP contribution >= 0.6 is 0 Å². The van der Waals surface area contributed by atoms with Crippen LogP contribution in [0.5, 0.6) is 0 Å². The fraction of sp³-hybridized carbons (Fsp3) is 0. The van der Waals surface area contributed by atoms with Crippen LogP contribution in [-0.4, -0.2) is 10.2 Å². The first-order chi connectivity index (χ1) is 8.42. The average molecular weight is 220 g/mol. The Kier molecular flexibility index (Phi) is 2.47. The van der Waals surface area contributed by atoms with Crippen LogP contribution in [-0.2, 0) is 0 Å². The normalized spacial score (nSPS) is 11.3. The molecule has 1 heterocycles. The van der Waals surface area contributed by atoms with E-state index in [-0.39, 0.29) is 0 Å². The minimum absolute atomic E-state index is 1.07. The molecule has 0 amide bonds. The van der Waals surface area contributed by atoms with Crippen molar-refractivity contribution in [3.63, 3.8) is 0 Å². The van der Waals surface area contributed by atoms with Crippen molar-refractivity contribution in [1.82, 2.24) is 10.2 Å². The Bertz CT molecular complexity index is 651. The first-order valence-corrected chi connectivity index (χ1v) is 5.58. The number of fused-ring (bicyclic) bond motifs is 1. The van der Waals surface area contributed by atoms with Crippen molar-refractivity contribution >= 4 is 23.1 Å². The molecule has 0 saturated heterocycles. The summed E-state index contributed by atoms with van der Waals surface area (Å²) in [6.45, 7) is 0. The van der Waals surface area contributed by atoms with Crippen LogP contribution in [0.25, 0.3) is 23.1 Å². The quantitative estimate of drug-likeness (QED) is 0.655. The zero-order chi connectivity index (χ0) is 11.5. The third kappa shape index (κ3) is 2.11. The number of nitrogens with zero attached hydrogens (tertiary/aromatic N) is 1. The standard InChI is InChI=1S/C15H12N2/c1-2-4-12(5-3-1)6-7-13-8-9-14-11-16-17-15(14)10-13/h1-11H,(H,16,17)/b7-6+. The van der Waals surface area contributed by atoms with Gasteiger partial charge in [0.05, 0.1) is 11.7 Å². The second-order valence-corrected chi connectivity index (χ2v) is 3.96. The molecule has 0 aliphatic heterocycles. The van der Waals surface area contributed by atoms with E-state index in [9.17, 15) is 0 Å². The maximum Gasteiger partial charge on any atom is 0.0656 e. The molecule has 1 aromatic heterocycles. The molecule has 17 heavy (non-hydrogen) atoms. The van der Waals surface area contributed by atoms with Crippen molar-refractivity contribution in [3.8, 4) is 0 Å². The highest BCUT2D eigenvalue weighted by Crippen LogP contribution is 2.15. The molecule has 82 valence electrons. The van der Waals surface area contributed by atoms with Crippen molar-refractivity contribution in [2.75, 3.05) is 0 Å². The van der Waals surface area contributed by atoms with Crippen LogP contribution in [0.1, 0.15) is 11.1 Å².